The predicted octanol–water partition coefficient (Wildman–Crippen LogP) is 1.45. The summed E-state index contributed by atoms with van der Waals surface area (Å²) in [5.41, 5.74) is 4.40. The topological polar surface area (TPSA) is 255 Å². The highest BCUT2D eigenvalue weighted by Gasteiger charge is 2.44. The number of aliphatic hydroxyl groups excluding tert-OH is 2. The number of anilines is 1. The number of halogens is 1. The number of nitrogen functional groups attached to an aromatic ring is 1. The van der Waals surface area contributed by atoms with Crippen LogP contribution in [-0.2, 0) is 41.8 Å². The van der Waals surface area contributed by atoms with E-state index in [1.54, 1.807) is 0 Å². The second kappa shape index (κ2) is 15.2. The molecule has 0 aromatic carbocycles. The fourth-order valence-corrected chi connectivity index (χ4v) is 3.75. The maximum absolute atomic E-state index is 15.9. The summed E-state index contributed by atoms with van der Waals surface area (Å²) >= 11 is 0. The number of ether oxygens (including phenoxy) is 5. The molecule has 238 valence electrons. The summed E-state index contributed by atoms with van der Waals surface area (Å²) in [6.07, 6.45) is -6.27. The first-order chi connectivity index (χ1) is 19.6. The third kappa shape index (κ3) is 10.2. The van der Waals surface area contributed by atoms with Crippen LogP contribution in [0.2, 0.25) is 0 Å². The molecule has 42 heavy (non-hydrogen) atoms. The summed E-state index contributed by atoms with van der Waals surface area (Å²) in [5.74, 6) is -3.57. The van der Waals surface area contributed by atoms with Crippen molar-refractivity contribution in [1.29, 1.82) is 0 Å². The number of hydrogen-bond donors (Lipinski definition) is 4. The number of aromatic nitrogens is 4. The number of H-pyrrole nitrogens is 1. The number of carbonyl (C=O) groups excluding carboxylic acids is 2. The molecule has 0 aliphatic carbocycles. The van der Waals surface area contributed by atoms with Crippen LogP contribution in [0.15, 0.2) is 11.1 Å². The van der Waals surface area contributed by atoms with Crippen LogP contribution in [0.3, 0.4) is 0 Å². The van der Waals surface area contributed by atoms with Crippen molar-refractivity contribution in [3.63, 3.8) is 0 Å². The molecule has 0 saturated carbocycles. The van der Waals surface area contributed by atoms with Crippen LogP contribution in [-0.4, -0.2) is 93.0 Å². The van der Waals surface area contributed by atoms with Crippen molar-refractivity contribution in [2.45, 2.75) is 65.0 Å². The minimum atomic E-state index is -4.95. The molecule has 2 rings (SSSR count). The average molecular weight is 629 g/mol. The van der Waals surface area contributed by atoms with Crippen molar-refractivity contribution in [1.82, 2.24) is 19.5 Å². The maximum atomic E-state index is 15.9. The lowest BCUT2D eigenvalue weighted by molar-refractivity contribution is -0.264. The first-order valence-electron chi connectivity index (χ1n) is 12.2. The zero-order chi connectivity index (χ0) is 31.7. The van der Waals surface area contributed by atoms with Crippen molar-refractivity contribution in [2.24, 2.45) is 0 Å². The number of rotatable bonds is 16. The molecule has 0 aliphatic rings. The minimum absolute atomic E-state index is 0.197. The number of aromatic amines is 1. The van der Waals surface area contributed by atoms with Crippen molar-refractivity contribution >= 4 is 37.2 Å². The van der Waals surface area contributed by atoms with Gasteiger partial charge in [-0.1, -0.05) is 0 Å². The van der Waals surface area contributed by atoms with Gasteiger partial charge >= 0.3 is 20.1 Å². The predicted molar refractivity (Wildman–Crippen MR) is 136 cm³/mol. The Morgan fingerprint density at radius 1 is 1.10 bits per heavy atom. The molecular formula is C21H33FN5O14P. The van der Waals surface area contributed by atoms with Crippen molar-refractivity contribution < 1.29 is 66.0 Å². The maximum Gasteiger partial charge on any atom is 0.510 e. The number of fused-ring (bicyclic) bond motifs is 1. The molecule has 0 fully saturated rings. The second-order valence-corrected chi connectivity index (χ2v) is 10.5. The van der Waals surface area contributed by atoms with E-state index in [9.17, 15) is 29.2 Å². The van der Waals surface area contributed by atoms with Crippen molar-refractivity contribution in [3.05, 3.63) is 16.7 Å². The van der Waals surface area contributed by atoms with Crippen LogP contribution in [0.25, 0.3) is 11.2 Å². The molecule has 21 heteroatoms. The Labute approximate surface area is 237 Å². The number of hydrogen-bond acceptors (Lipinski definition) is 17. The fraction of sp³-hybridized carbons (Fsp3) is 0.667. The Morgan fingerprint density at radius 2 is 1.64 bits per heavy atom. The monoisotopic (exact) mass is 629 g/mol. The van der Waals surface area contributed by atoms with Crippen molar-refractivity contribution in [3.8, 4) is 0 Å². The number of nitrogens with one attached hydrogen (secondary N) is 1. The van der Waals surface area contributed by atoms with E-state index in [1.807, 2.05) is 0 Å². The van der Waals surface area contributed by atoms with Crippen LogP contribution in [0.4, 0.5) is 19.9 Å². The highest BCUT2D eigenvalue weighted by Crippen LogP contribution is 2.50. The standard InChI is InChI=1S/C21H33FN5O14P/c1-11(2)39-19(31)34-9-37-42(33,38-10-35-20(32)40-12(3)4)36-7-21(22,13(5)29)41-14(6-28)27-8-24-15-16(27)25-18(23)26-17(15)30/h8,11-14,28-29H,6-7,9-10H2,1-5H3,(H3,23,25,26,30)/t13-,14+,21+/m0/s1. The lowest BCUT2D eigenvalue weighted by Gasteiger charge is -2.32. The smallest absolute Gasteiger partial charge is 0.432 e. The van der Waals surface area contributed by atoms with Crippen LogP contribution in [0.1, 0.15) is 40.8 Å². The Hall–Kier alpha value is -3.39. The highest BCUT2D eigenvalue weighted by molar-refractivity contribution is 7.48. The van der Waals surface area contributed by atoms with E-state index in [1.165, 1.54) is 27.7 Å². The molecule has 0 bridgehead atoms. The molecule has 2 aromatic heterocycles. The molecule has 2 heterocycles. The number of nitrogens with zero attached hydrogens (tertiary/aromatic N) is 3. The first-order valence-corrected chi connectivity index (χ1v) is 13.6. The lowest BCUT2D eigenvalue weighted by atomic mass is 10.2. The molecule has 5 N–H and O–H groups in total. The Bertz CT molecular complexity index is 1270. The molecule has 0 saturated heterocycles. The summed E-state index contributed by atoms with van der Waals surface area (Å²) < 4.78 is 68.5. The molecule has 0 unspecified atom stereocenters. The molecule has 0 spiro atoms. The minimum Gasteiger partial charge on any atom is -0.432 e. The average Bonchev–Trinajstić information content (AvgIpc) is 3.29. The Kier molecular flexibility index (Phi) is 12.6. The number of nitrogens with two attached hydrogens (primary N) is 1. The van der Waals surface area contributed by atoms with E-state index in [-0.39, 0.29) is 17.1 Å². The van der Waals surface area contributed by atoms with Gasteiger partial charge in [0.15, 0.2) is 17.4 Å². The number of alkyl halides is 1. The van der Waals surface area contributed by atoms with Gasteiger partial charge in [-0.25, -0.2) is 32.6 Å². The summed E-state index contributed by atoms with van der Waals surface area (Å²) in [6.45, 7) is 2.53. The molecule has 0 aliphatic heterocycles. The van der Waals surface area contributed by atoms with Gasteiger partial charge in [0, 0.05) is 0 Å². The van der Waals surface area contributed by atoms with Gasteiger partial charge in [-0.3, -0.25) is 18.9 Å². The lowest BCUT2D eigenvalue weighted by Crippen LogP contribution is -2.45. The summed E-state index contributed by atoms with van der Waals surface area (Å²) in [7, 11) is -4.95. The van der Waals surface area contributed by atoms with Crippen LogP contribution in [0.5, 0.6) is 0 Å². The molecule has 2 aromatic rings. The first kappa shape index (κ1) is 34.8. The van der Waals surface area contributed by atoms with Gasteiger partial charge in [0.1, 0.15) is 12.7 Å². The van der Waals surface area contributed by atoms with Gasteiger partial charge in [-0.15, -0.1) is 0 Å². The number of aliphatic hydroxyl groups is 2. The van der Waals surface area contributed by atoms with Gasteiger partial charge in [0.05, 0.1) is 25.1 Å². The third-order valence-corrected chi connectivity index (χ3v) is 6.02. The normalized spacial score (nSPS) is 14.9. The van der Waals surface area contributed by atoms with Gasteiger partial charge < -0.3 is 39.6 Å². The van der Waals surface area contributed by atoms with E-state index in [2.05, 4.69) is 24.4 Å². The van der Waals surface area contributed by atoms with Gasteiger partial charge in [-0.2, -0.15) is 4.98 Å². The molecule has 19 nitrogen and oxygen atoms in total. The summed E-state index contributed by atoms with van der Waals surface area (Å²) in [4.78, 5) is 45.2. The number of carbonyl (C=O) groups is 2. The van der Waals surface area contributed by atoms with Gasteiger partial charge in [0.25, 0.3) is 11.4 Å². The van der Waals surface area contributed by atoms with Crippen LogP contribution in [0, 0.1) is 0 Å². The van der Waals surface area contributed by atoms with E-state index < -0.39 is 82.9 Å². The molecular weight excluding hydrogens is 596 g/mol. The van der Waals surface area contributed by atoms with E-state index in [0.29, 0.717) is 0 Å². The quantitative estimate of drug-likeness (QED) is 0.116. The fourth-order valence-electron chi connectivity index (χ4n) is 2.82. The summed E-state index contributed by atoms with van der Waals surface area (Å²) in [6, 6.07) is 0. The van der Waals surface area contributed by atoms with Crippen molar-refractivity contribution in [2.75, 3.05) is 32.5 Å². The zero-order valence-corrected chi connectivity index (χ0v) is 24.1. The van der Waals surface area contributed by atoms with Crippen LogP contribution < -0.4 is 11.3 Å². The SMILES string of the molecule is CC(C)OC(=O)OCOP(=O)(OCOC(=O)OC(C)C)OC[C@@](F)(O[C@H](CO)n1cnc2c(=O)[nH]c(N)nc21)[C@H](C)O. The van der Waals surface area contributed by atoms with E-state index in [0.717, 1.165) is 17.8 Å². The third-order valence-electron chi connectivity index (χ3n) is 4.73. The Morgan fingerprint density at radius 3 is 2.12 bits per heavy atom. The number of phosphoric acid groups is 1. The highest BCUT2D eigenvalue weighted by atomic mass is 31.2. The number of phosphoric ester groups is 1. The number of imidazole rings is 1. The Balaban J connectivity index is 2.22. The molecule has 0 amide bonds. The molecule has 0 radical (unpaired) electrons. The van der Waals surface area contributed by atoms with Crippen LogP contribution >= 0.6 is 7.82 Å². The van der Waals surface area contributed by atoms with Gasteiger partial charge in [-0.05, 0) is 34.6 Å². The van der Waals surface area contributed by atoms with E-state index >= 15 is 4.39 Å². The zero-order valence-electron chi connectivity index (χ0n) is 23.3. The van der Waals surface area contributed by atoms with Gasteiger partial charge in [0.2, 0.25) is 19.5 Å². The largest absolute Gasteiger partial charge is 0.510 e. The van der Waals surface area contributed by atoms with E-state index in [4.69, 9.17) is 33.5 Å². The summed E-state index contributed by atoms with van der Waals surface area (Å²) in [5, 5.41) is 20.1. The second-order valence-electron chi connectivity index (χ2n) is 8.83. The molecule has 3 atom stereocenters.